The average molecular weight is 520 g/mol. The van der Waals surface area contributed by atoms with Crippen LogP contribution < -0.4 is 74.9 Å². The van der Waals surface area contributed by atoms with Gasteiger partial charge in [-0.2, -0.15) is 0 Å². The first-order chi connectivity index (χ1) is 15.6. The van der Waals surface area contributed by atoms with Gasteiger partial charge in [-0.3, -0.25) is 9.59 Å². The van der Waals surface area contributed by atoms with Crippen LogP contribution in [0, 0.1) is 11.8 Å². The number of carbonyl (C=O) groups is 4. The zero-order valence-electron chi connectivity index (χ0n) is 20.0. The Morgan fingerprint density at radius 1 is 1.29 bits per heavy atom. The second-order valence-electron chi connectivity index (χ2n) is 8.57. The maximum absolute atomic E-state index is 12.7. The van der Waals surface area contributed by atoms with Gasteiger partial charge in [-0.1, -0.05) is 13.0 Å². The minimum Gasteiger partial charge on any atom is -0.543 e. The maximum atomic E-state index is 12.7. The number of thioether (sulfide) groups is 1. The van der Waals surface area contributed by atoms with E-state index in [1.807, 2.05) is 6.92 Å². The van der Waals surface area contributed by atoms with Crippen molar-refractivity contribution in [3.63, 3.8) is 0 Å². The van der Waals surface area contributed by atoms with Crippen LogP contribution in [-0.2, 0) is 14.4 Å². The third-order valence-electron chi connectivity index (χ3n) is 6.38. The van der Waals surface area contributed by atoms with E-state index in [-0.39, 0.29) is 87.5 Å². The Morgan fingerprint density at radius 2 is 1.97 bits per heavy atom. The van der Waals surface area contributed by atoms with E-state index >= 15 is 0 Å². The van der Waals surface area contributed by atoms with Crippen molar-refractivity contribution >= 4 is 41.2 Å². The van der Waals surface area contributed by atoms with Gasteiger partial charge in [-0.25, -0.2) is 4.79 Å². The molecule has 2 saturated heterocycles. The molecule has 1 aromatic carbocycles. The molecule has 2 fully saturated rings. The van der Waals surface area contributed by atoms with Crippen molar-refractivity contribution in [3.8, 4) is 0 Å². The fourth-order valence-corrected chi connectivity index (χ4v) is 6.28. The smallest absolute Gasteiger partial charge is 0.543 e. The van der Waals surface area contributed by atoms with Gasteiger partial charge in [0.05, 0.1) is 41.3 Å². The number of aliphatic hydroxyl groups is 1. The molecule has 1 aromatic rings. The van der Waals surface area contributed by atoms with Crippen molar-refractivity contribution in [1.82, 2.24) is 10.2 Å². The van der Waals surface area contributed by atoms with Crippen molar-refractivity contribution in [2.45, 2.75) is 43.7 Å². The number of fused-ring (bicyclic) bond motifs is 1. The zero-order valence-corrected chi connectivity index (χ0v) is 24.8. The van der Waals surface area contributed by atoms with Crippen LogP contribution in [0.4, 0.5) is 5.69 Å². The topological polar surface area (TPSA) is 159 Å². The summed E-state index contributed by atoms with van der Waals surface area (Å²) >= 11 is 1.32. The minimum absolute atomic E-state index is 0. The number of aliphatic carboxylic acids is 1. The van der Waals surface area contributed by atoms with Gasteiger partial charge in [0.2, 0.25) is 11.8 Å². The van der Waals surface area contributed by atoms with E-state index in [1.54, 1.807) is 12.1 Å². The summed E-state index contributed by atoms with van der Waals surface area (Å²) in [6, 6.07) is 4.99. The number of nitrogens with zero attached hydrogens (tertiary/aromatic N) is 1. The Kier molecular flexibility index (Phi) is 10.5. The van der Waals surface area contributed by atoms with Crippen molar-refractivity contribution in [1.29, 1.82) is 0 Å². The number of carboxylic acids is 2. The molecular formula is C22H24N3Na2O7S+. The predicted molar refractivity (Wildman–Crippen MR) is 117 cm³/mol. The molecule has 10 nitrogen and oxygen atoms in total. The first-order valence-corrected chi connectivity index (χ1v) is 11.5. The molecule has 13 heteroatoms. The number of rotatable bonds is 7. The standard InChI is InChI=1S/C22H25N3O7S.2Na/c1-9-16-15(10(2)26)20(28)25(16)17(22(31)32)18(9)33-13-7-14(23-8-13)19(27)24-12-5-3-4-11(6-12)21(29)30;;/h3-6,9-10,13-16,23,26H,7-8H2,1-2H3,(H,24,27)(H,29,30)(H,31,32);;/q;2*+1/p-1/t9-,10-,13+,14+,15-,16-;;/m1../s1. The SMILES string of the molecule is C[C@@H](O)[C@H]1C(=O)N2C(C(=O)[O-])=C(S[C@@H]3CN[C@H](C(=O)Nc4cccc(C(=O)O)c4)C3)[C@H](C)[C@H]12.[Na+].[Na+]. The molecule has 0 radical (unpaired) electrons. The first-order valence-electron chi connectivity index (χ1n) is 10.6. The third kappa shape index (κ3) is 5.83. The molecule has 3 heterocycles. The Hall–Kier alpha value is -0.890. The summed E-state index contributed by atoms with van der Waals surface area (Å²) in [6.45, 7) is 3.80. The molecule has 0 unspecified atom stereocenters. The summed E-state index contributed by atoms with van der Waals surface area (Å²) in [7, 11) is 0. The molecule has 6 atom stereocenters. The van der Waals surface area contributed by atoms with Crippen LogP contribution in [0.15, 0.2) is 34.9 Å². The molecular weight excluding hydrogens is 496 g/mol. The molecule has 3 aliphatic heterocycles. The van der Waals surface area contributed by atoms with Gasteiger partial charge in [0.25, 0.3) is 0 Å². The molecule has 0 aromatic heterocycles. The average Bonchev–Trinajstić information content (AvgIpc) is 3.30. The number of β-lactam (4-membered cyclic amide) rings is 1. The fraction of sp³-hybridized carbons (Fsp3) is 0.455. The number of aliphatic hydroxyl groups excluding tert-OH is 1. The van der Waals surface area contributed by atoms with Crippen molar-refractivity contribution in [2.24, 2.45) is 11.8 Å². The molecule has 4 rings (SSSR count). The van der Waals surface area contributed by atoms with E-state index in [4.69, 9.17) is 5.11 Å². The molecule has 176 valence electrons. The predicted octanol–water partition coefficient (Wildman–Crippen LogP) is -6.39. The summed E-state index contributed by atoms with van der Waals surface area (Å²) in [6.07, 6.45) is -0.459. The Bertz CT molecular complexity index is 1070. The van der Waals surface area contributed by atoms with Crippen LogP contribution in [0.25, 0.3) is 0 Å². The fourth-order valence-electron chi connectivity index (χ4n) is 4.80. The van der Waals surface area contributed by atoms with Crippen molar-refractivity contribution in [2.75, 3.05) is 11.9 Å². The van der Waals surface area contributed by atoms with E-state index < -0.39 is 42.0 Å². The van der Waals surface area contributed by atoms with Crippen LogP contribution in [0.1, 0.15) is 30.6 Å². The number of anilines is 1. The van der Waals surface area contributed by atoms with Gasteiger partial charge >= 0.3 is 65.1 Å². The summed E-state index contributed by atoms with van der Waals surface area (Å²) < 4.78 is 0. The molecule has 4 N–H and O–H groups in total. The monoisotopic (exact) mass is 520 g/mol. The number of carbonyl (C=O) groups excluding carboxylic acids is 3. The van der Waals surface area contributed by atoms with Crippen molar-refractivity contribution < 1.29 is 93.6 Å². The molecule has 35 heavy (non-hydrogen) atoms. The molecule has 2 amide bonds. The Balaban J connectivity index is 0.00000216. The van der Waals surface area contributed by atoms with Crippen LogP contribution in [-0.4, -0.2) is 68.8 Å². The van der Waals surface area contributed by atoms with E-state index in [0.29, 0.717) is 23.6 Å². The number of aromatic carboxylic acids is 1. The molecule has 0 spiro atoms. The molecule has 0 saturated carbocycles. The van der Waals surface area contributed by atoms with Gasteiger partial charge in [0.15, 0.2) is 0 Å². The summed E-state index contributed by atoms with van der Waals surface area (Å²) in [5.41, 5.74) is 0.293. The van der Waals surface area contributed by atoms with Crippen LogP contribution in [0.5, 0.6) is 0 Å². The number of hydrogen-bond donors (Lipinski definition) is 4. The van der Waals surface area contributed by atoms with E-state index in [0.717, 1.165) is 0 Å². The Labute approximate surface area is 250 Å². The number of benzene rings is 1. The second kappa shape index (κ2) is 12.1. The largest absolute Gasteiger partial charge is 1.00 e. The maximum Gasteiger partial charge on any atom is 1.00 e. The second-order valence-corrected chi connectivity index (χ2v) is 9.91. The van der Waals surface area contributed by atoms with Crippen molar-refractivity contribution in [3.05, 3.63) is 40.4 Å². The number of hydrogen-bond acceptors (Lipinski definition) is 8. The van der Waals surface area contributed by atoms with Crippen LogP contribution in [0.2, 0.25) is 0 Å². The molecule has 3 aliphatic rings. The van der Waals surface area contributed by atoms with Crippen LogP contribution in [0.3, 0.4) is 0 Å². The summed E-state index contributed by atoms with van der Waals surface area (Å²) in [4.78, 5) is 49.8. The number of nitrogens with one attached hydrogen (secondary N) is 2. The zero-order chi connectivity index (χ0) is 24.0. The quantitative estimate of drug-likeness (QED) is 0.203. The van der Waals surface area contributed by atoms with E-state index in [2.05, 4.69) is 10.6 Å². The third-order valence-corrected chi connectivity index (χ3v) is 7.89. The Morgan fingerprint density at radius 3 is 2.57 bits per heavy atom. The normalized spacial score (nSPS) is 27.8. The first kappa shape index (κ1) is 30.3. The summed E-state index contributed by atoms with van der Waals surface area (Å²) in [5, 5.41) is 36.6. The van der Waals surface area contributed by atoms with E-state index in [9.17, 15) is 29.4 Å². The van der Waals surface area contributed by atoms with Gasteiger partial charge < -0.3 is 35.6 Å². The van der Waals surface area contributed by atoms with Gasteiger partial charge in [-0.15, -0.1) is 11.8 Å². The minimum atomic E-state index is -1.43. The number of carboxylic acid groups (broad SMARTS) is 2. The summed E-state index contributed by atoms with van der Waals surface area (Å²) in [5.74, 6) is -4.17. The van der Waals surface area contributed by atoms with E-state index in [1.165, 1.54) is 35.7 Å². The molecule has 0 bridgehead atoms. The van der Waals surface area contributed by atoms with Gasteiger partial charge in [-0.05, 0) is 31.5 Å². The van der Waals surface area contributed by atoms with Gasteiger partial charge in [0.1, 0.15) is 0 Å². The van der Waals surface area contributed by atoms with Crippen LogP contribution >= 0.6 is 11.8 Å². The van der Waals surface area contributed by atoms with Gasteiger partial charge in [0, 0.05) is 28.3 Å². The number of amides is 2. The molecule has 0 aliphatic carbocycles.